The maximum atomic E-state index is 9.06. The van der Waals surface area contributed by atoms with Gasteiger partial charge in [0.05, 0.1) is 15.3 Å². The highest BCUT2D eigenvalue weighted by molar-refractivity contribution is 9.11. The van der Waals surface area contributed by atoms with Crippen LogP contribution in [-0.4, -0.2) is 18.0 Å². The van der Waals surface area contributed by atoms with E-state index in [-0.39, 0.29) is 5.41 Å². The molecule has 0 atom stereocenters. The summed E-state index contributed by atoms with van der Waals surface area (Å²) in [5.41, 5.74) is -0.0907. The number of thiophene rings is 1. The predicted octanol–water partition coefficient (Wildman–Crippen LogP) is 3.64. The van der Waals surface area contributed by atoms with Gasteiger partial charge in [0.1, 0.15) is 0 Å². The van der Waals surface area contributed by atoms with Crippen LogP contribution >= 0.6 is 27.3 Å². The van der Waals surface area contributed by atoms with E-state index in [1.54, 1.807) is 11.3 Å². The van der Waals surface area contributed by atoms with Gasteiger partial charge in [-0.15, -0.1) is 11.3 Å². The number of hydrogen-bond acceptors (Lipinski definition) is 3. The molecule has 1 aliphatic rings. The third kappa shape index (κ3) is 2.85. The lowest BCUT2D eigenvalue weighted by Gasteiger charge is -2.34. The van der Waals surface area contributed by atoms with Crippen molar-refractivity contribution < 1.29 is 0 Å². The zero-order valence-corrected chi connectivity index (χ0v) is 11.8. The molecular formula is C12H15BrN2S. The SMILES string of the molecule is CC1(C#N)CCN(Cc2ccc(Br)s2)CC1. The maximum absolute atomic E-state index is 9.06. The molecule has 4 heteroatoms. The van der Waals surface area contributed by atoms with Crippen LogP contribution in [0.2, 0.25) is 0 Å². The number of likely N-dealkylation sites (tertiary alicyclic amines) is 1. The number of nitriles is 1. The first-order valence-corrected chi connectivity index (χ1v) is 7.10. The summed E-state index contributed by atoms with van der Waals surface area (Å²) in [6.45, 7) is 5.18. The van der Waals surface area contributed by atoms with Crippen molar-refractivity contribution in [1.29, 1.82) is 5.26 Å². The van der Waals surface area contributed by atoms with Gasteiger partial charge in [0, 0.05) is 24.5 Å². The zero-order valence-electron chi connectivity index (χ0n) is 9.37. The van der Waals surface area contributed by atoms with Crippen LogP contribution in [0.1, 0.15) is 24.6 Å². The van der Waals surface area contributed by atoms with Crippen LogP contribution in [0.15, 0.2) is 15.9 Å². The van der Waals surface area contributed by atoms with Crippen molar-refractivity contribution in [2.45, 2.75) is 26.3 Å². The Hall–Kier alpha value is -0.370. The Morgan fingerprint density at radius 2 is 2.19 bits per heavy atom. The Bertz CT molecular complexity index is 399. The summed E-state index contributed by atoms with van der Waals surface area (Å²) in [5.74, 6) is 0. The van der Waals surface area contributed by atoms with Crippen LogP contribution in [0.5, 0.6) is 0 Å². The van der Waals surface area contributed by atoms with E-state index in [0.29, 0.717) is 0 Å². The summed E-state index contributed by atoms with van der Waals surface area (Å²) >= 11 is 5.28. The largest absolute Gasteiger partial charge is 0.298 e. The lowest BCUT2D eigenvalue weighted by molar-refractivity contribution is 0.151. The average Bonchev–Trinajstić information content (AvgIpc) is 2.68. The van der Waals surface area contributed by atoms with Gasteiger partial charge in [-0.3, -0.25) is 4.90 Å². The number of rotatable bonds is 2. The van der Waals surface area contributed by atoms with Crippen molar-refractivity contribution in [1.82, 2.24) is 4.90 Å². The maximum Gasteiger partial charge on any atom is 0.0701 e. The Labute approximate surface area is 109 Å². The first-order chi connectivity index (χ1) is 7.61. The number of nitrogens with zero attached hydrogens (tertiary/aromatic N) is 2. The Balaban J connectivity index is 1.89. The van der Waals surface area contributed by atoms with Crippen LogP contribution in [0.3, 0.4) is 0 Å². The normalized spacial score (nSPS) is 20.6. The molecule has 1 aliphatic heterocycles. The molecule has 2 nitrogen and oxygen atoms in total. The van der Waals surface area contributed by atoms with Crippen LogP contribution in [0.25, 0.3) is 0 Å². The lowest BCUT2D eigenvalue weighted by atomic mass is 9.82. The van der Waals surface area contributed by atoms with Crippen molar-refractivity contribution in [3.63, 3.8) is 0 Å². The minimum absolute atomic E-state index is 0.0907. The van der Waals surface area contributed by atoms with E-state index in [0.717, 1.165) is 32.5 Å². The molecule has 2 rings (SSSR count). The van der Waals surface area contributed by atoms with Crippen LogP contribution in [0, 0.1) is 16.7 Å². The molecule has 0 unspecified atom stereocenters. The van der Waals surface area contributed by atoms with Crippen LogP contribution in [0.4, 0.5) is 0 Å². The van der Waals surface area contributed by atoms with E-state index >= 15 is 0 Å². The zero-order chi connectivity index (χ0) is 11.6. The second-order valence-corrected chi connectivity index (χ2v) is 7.20. The first-order valence-electron chi connectivity index (χ1n) is 5.49. The standard InChI is InChI=1S/C12H15BrN2S/c1-12(9-14)4-6-15(7-5-12)8-10-2-3-11(13)16-10/h2-3H,4-8H2,1H3. The number of piperidine rings is 1. The Morgan fingerprint density at radius 1 is 1.50 bits per heavy atom. The predicted molar refractivity (Wildman–Crippen MR) is 70.3 cm³/mol. The minimum Gasteiger partial charge on any atom is -0.298 e. The molecule has 1 aromatic rings. The van der Waals surface area contributed by atoms with Gasteiger partial charge in [0.2, 0.25) is 0 Å². The Morgan fingerprint density at radius 3 is 2.69 bits per heavy atom. The fourth-order valence-corrected chi connectivity index (χ4v) is 3.50. The summed E-state index contributed by atoms with van der Waals surface area (Å²) in [6.07, 6.45) is 1.99. The third-order valence-corrected chi connectivity index (χ3v) is 4.85. The summed E-state index contributed by atoms with van der Waals surface area (Å²) in [7, 11) is 0. The van der Waals surface area contributed by atoms with E-state index in [4.69, 9.17) is 5.26 Å². The van der Waals surface area contributed by atoms with E-state index in [2.05, 4.69) is 46.0 Å². The summed E-state index contributed by atoms with van der Waals surface area (Å²) in [5, 5.41) is 9.06. The molecule has 0 saturated carbocycles. The molecule has 0 amide bonds. The van der Waals surface area contributed by atoms with Crippen LogP contribution < -0.4 is 0 Å². The molecule has 0 bridgehead atoms. The fraction of sp³-hybridized carbons (Fsp3) is 0.583. The first kappa shape index (κ1) is 12.1. The quantitative estimate of drug-likeness (QED) is 0.833. The van der Waals surface area contributed by atoms with Crippen molar-refractivity contribution in [2.75, 3.05) is 13.1 Å². The molecule has 0 aromatic carbocycles. The second kappa shape index (κ2) is 4.87. The van der Waals surface area contributed by atoms with Gasteiger partial charge in [-0.2, -0.15) is 5.26 Å². The minimum atomic E-state index is -0.0907. The average molecular weight is 299 g/mol. The highest BCUT2D eigenvalue weighted by atomic mass is 79.9. The second-order valence-electron chi connectivity index (χ2n) is 4.65. The molecule has 0 aliphatic carbocycles. The van der Waals surface area contributed by atoms with Gasteiger partial charge < -0.3 is 0 Å². The molecule has 0 spiro atoms. The highest BCUT2D eigenvalue weighted by Gasteiger charge is 2.29. The molecule has 16 heavy (non-hydrogen) atoms. The van der Waals surface area contributed by atoms with Gasteiger partial charge in [0.15, 0.2) is 0 Å². The summed E-state index contributed by atoms with van der Waals surface area (Å²) in [6, 6.07) is 6.71. The molecule has 1 aromatic heterocycles. The molecule has 2 heterocycles. The van der Waals surface area contributed by atoms with Gasteiger partial charge in [-0.05, 0) is 47.8 Å². The third-order valence-electron chi connectivity index (χ3n) is 3.24. The molecule has 86 valence electrons. The van der Waals surface area contributed by atoms with Crippen LogP contribution in [-0.2, 0) is 6.54 Å². The van der Waals surface area contributed by atoms with Crippen molar-refractivity contribution >= 4 is 27.3 Å². The number of halogens is 1. The van der Waals surface area contributed by atoms with Gasteiger partial charge in [0.25, 0.3) is 0 Å². The molecule has 1 fully saturated rings. The van der Waals surface area contributed by atoms with E-state index in [9.17, 15) is 0 Å². The number of hydrogen-bond donors (Lipinski definition) is 0. The molecular weight excluding hydrogens is 284 g/mol. The smallest absolute Gasteiger partial charge is 0.0701 e. The van der Waals surface area contributed by atoms with Gasteiger partial charge in [-0.25, -0.2) is 0 Å². The van der Waals surface area contributed by atoms with Crippen molar-refractivity contribution in [3.8, 4) is 6.07 Å². The Kier molecular flexibility index (Phi) is 3.68. The van der Waals surface area contributed by atoms with Gasteiger partial charge in [-0.1, -0.05) is 0 Å². The summed E-state index contributed by atoms with van der Waals surface area (Å²) in [4.78, 5) is 3.84. The van der Waals surface area contributed by atoms with Gasteiger partial charge >= 0.3 is 0 Å². The van der Waals surface area contributed by atoms with E-state index in [1.165, 1.54) is 8.66 Å². The monoisotopic (exact) mass is 298 g/mol. The highest BCUT2D eigenvalue weighted by Crippen LogP contribution is 2.31. The van der Waals surface area contributed by atoms with E-state index in [1.807, 2.05) is 0 Å². The van der Waals surface area contributed by atoms with E-state index < -0.39 is 0 Å². The fourth-order valence-electron chi connectivity index (χ4n) is 1.97. The molecule has 0 N–H and O–H groups in total. The lowest BCUT2D eigenvalue weighted by Crippen LogP contribution is -2.37. The topological polar surface area (TPSA) is 27.0 Å². The summed E-state index contributed by atoms with van der Waals surface area (Å²) < 4.78 is 1.20. The molecule has 1 saturated heterocycles. The van der Waals surface area contributed by atoms with Crippen molar-refractivity contribution in [3.05, 3.63) is 20.8 Å². The van der Waals surface area contributed by atoms with Crippen molar-refractivity contribution in [2.24, 2.45) is 5.41 Å². The molecule has 0 radical (unpaired) electrons.